The molecule has 2 atom stereocenters. The van der Waals surface area contributed by atoms with Gasteiger partial charge in [-0.2, -0.15) is 5.10 Å². The second kappa shape index (κ2) is 9.02. The predicted octanol–water partition coefficient (Wildman–Crippen LogP) is 3.65. The largest absolute Gasteiger partial charge is 0.474 e. The number of rotatable bonds is 9. The number of hydrogen-bond donors (Lipinski definition) is 3. The van der Waals surface area contributed by atoms with Crippen LogP contribution in [-0.4, -0.2) is 49.5 Å². The van der Waals surface area contributed by atoms with E-state index in [4.69, 9.17) is 4.74 Å². The molecule has 4 aliphatic rings. The fraction of sp³-hybridized carbons (Fsp3) is 0.731. The van der Waals surface area contributed by atoms with Crippen LogP contribution in [0.3, 0.4) is 0 Å². The van der Waals surface area contributed by atoms with E-state index in [1.54, 1.807) is 10.9 Å². The molecule has 4 aliphatic carbocycles. The number of nitrogens with zero attached hydrogens (tertiary/aromatic N) is 2. The van der Waals surface area contributed by atoms with E-state index in [0.717, 1.165) is 38.5 Å². The fourth-order valence-electron chi connectivity index (χ4n) is 6.57. The van der Waals surface area contributed by atoms with Crippen molar-refractivity contribution in [2.24, 2.45) is 11.8 Å². The lowest BCUT2D eigenvalue weighted by atomic mass is 9.51. The van der Waals surface area contributed by atoms with Crippen LogP contribution in [-0.2, 0) is 4.79 Å². The molecular weight excluding hydrogens is 432 g/mol. The van der Waals surface area contributed by atoms with E-state index >= 15 is 0 Å². The van der Waals surface area contributed by atoms with Crippen LogP contribution in [0.25, 0.3) is 6.20 Å². The summed E-state index contributed by atoms with van der Waals surface area (Å²) < 4.78 is 7.57. The van der Waals surface area contributed by atoms with Gasteiger partial charge in [-0.25, -0.2) is 4.68 Å². The lowest BCUT2D eigenvalue weighted by molar-refractivity contribution is -0.139. The van der Waals surface area contributed by atoms with E-state index in [0.29, 0.717) is 36.1 Å². The molecule has 4 bridgehead atoms. The maximum absolute atomic E-state index is 13.5. The second-order valence-electron chi connectivity index (χ2n) is 11.7. The van der Waals surface area contributed by atoms with Crippen molar-refractivity contribution in [3.05, 3.63) is 17.8 Å². The number of carbonyl (C=O) groups excluding carboxylic acids is 2. The summed E-state index contributed by atoms with van der Waals surface area (Å²) in [6, 6.07) is 0. The molecule has 8 heteroatoms. The van der Waals surface area contributed by atoms with E-state index < -0.39 is 11.1 Å². The zero-order valence-electron chi connectivity index (χ0n) is 21.2. The third-order valence-electron chi connectivity index (χ3n) is 7.32. The molecule has 4 saturated carbocycles. The highest BCUT2D eigenvalue weighted by atomic mass is 16.5. The van der Waals surface area contributed by atoms with Gasteiger partial charge in [-0.3, -0.25) is 9.59 Å². The average Bonchev–Trinajstić information content (AvgIpc) is 3.06. The minimum absolute atomic E-state index is 0.00596. The first kappa shape index (κ1) is 24.8. The third kappa shape index (κ3) is 5.32. The Bertz CT molecular complexity index is 950. The van der Waals surface area contributed by atoms with E-state index in [1.165, 1.54) is 6.20 Å². The average molecular weight is 473 g/mol. The molecule has 0 spiro atoms. The maximum atomic E-state index is 13.5. The van der Waals surface area contributed by atoms with Gasteiger partial charge in [-0.15, -0.1) is 0 Å². The van der Waals surface area contributed by atoms with E-state index in [-0.39, 0.29) is 23.5 Å². The Labute approximate surface area is 202 Å². The first-order chi connectivity index (χ1) is 15.9. The Morgan fingerprint density at radius 3 is 2.56 bits per heavy atom. The summed E-state index contributed by atoms with van der Waals surface area (Å²) in [5.41, 5.74) is -1.19. The van der Waals surface area contributed by atoms with Gasteiger partial charge >= 0.3 is 0 Å². The molecule has 8 nitrogen and oxygen atoms in total. The smallest absolute Gasteiger partial charge is 0.258 e. The van der Waals surface area contributed by atoms with E-state index in [1.807, 2.05) is 40.7 Å². The summed E-state index contributed by atoms with van der Waals surface area (Å²) >= 11 is 0. The molecule has 4 fully saturated rings. The molecule has 1 heterocycles. The van der Waals surface area contributed by atoms with Crippen molar-refractivity contribution in [3.8, 4) is 5.88 Å². The standard InChI is InChI=1S/C26H40N4O4/c1-6-7-21(31)28-24(4,5)8-9-30-23(34-17(2)3)20(15-27-30)22(32)29-25-11-18-10-19(12-25)14-26(33,13-18)16-25/h8-9,15,17-19,33H,6-7,10-14,16H2,1-5H3,(H,28,31)(H,29,32)/b9-8+. The molecule has 0 saturated heterocycles. The normalized spacial score (nSPS) is 30.2. The molecule has 2 unspecified atom stereocenters. The summed E-state index contributed by atoms with van der Waals surface area (Å²) in [5, 5.41) is 21.7. The predicted molar refractivity (Wildman–Crippen MR) is 130 cm³/mol. The van der Waals surface area contributed by atoms with Crippen LogP contribution in [0.1, 0.15) is 96.3 Å². The molecule has 1 aromatic heterocycles. The molecule has 0 aromatic carbocycles. The Morgan fingerprint density at radius 2 is 1.97 bits per heavy atom. The second-order valence-corrected chi connectivity index (χ2v) is 11.7. The minimum atomic E-state index is -0.644. The summed E-state index contributed by atoms with van der Waals surface area (Å²) in [6.45, 7) is 9.61. The van der Waals surface area contributed by atoms with Crippen LogP contribution >= 0.6 is 0 Å². The van der Waals surface area contributed by atoms with Gasteiger partial charge in [0.2, 0.25) is 11.8 Å². The zero-order valence-corrected chi connectivity index (χ0v) is 21.2. The van der Waals surface area contributed by atoms with Crippen molar-refractivity contribution < 1.29 is 19.4 Å². The van der Waals surface area contributed by atoms with Gasteiger partial charge in [-0.1, -0.05) is 6.92 Å². The first-order valence-electron chi connectivity index (χ1n) is 12.7. The zero-order chi connectivity index (χ0) is 24.7. The van der Waals surface area contributed by atoms with Gasteiger partial charge < -0.3 is 20.5 Å². The molecule has 188 valence electrons. The summed E-state index contributed by atoms with van der Waals surface area (Å²) in [4.78, 5) is 25.5. The highest BCUT2D eigenvalue weighted by Crippen LogP contribution is 2.57. The van der Waals surface area contributed by atoms with Crippen molar-refractivity contribution in [1.82, 2.24) is 20.4 Å². The van der Waals surface area contributed by atoms with Crippen molar-refractivity contribution >= 4 is 18.0 Å². The molecule has 0 aliphatic heterocycles. The highest BCUT2D eigenvalue weighted by molar-refractivity contribution is 5.97. The number of nitrogens with one attached hydrogen (secondary N) is 2. The number of aliphatic hydroxyl groups is 1. The van der Waals surface area contributed by atoms with Gasteiger partial charge in [0.1, 0.15) is 5.56 Å². The Balaban J connectivity index is 1.53. The van der Waals surface area contributed by atoms with Crippen LogP contribution in [0.15, 0.2) is 12.3 Å². The Morgan fingerprint density at radius 1 is 1.29 bits per heavy atom. The van der Waals surface area contributed by atoms with Gasteiger partial charge in [-0.05, 0) is 90.6 Å². The highest BCUT2D eigenvalue weighted by Gasteiger charge is 2.57. The Hall–Kier alpha value is -2.35. The monoisotopic (exact) mass is 472 g/mol. The van der Waals surface area contributed by atoms with Crippen molar-refractivity contribution in [2.75, 3.05) is 0 Å². The SMILES string of the molecule is CCCC(=O)NC(C)(C)/C=C/n1ncc(C(=O)NC23CC4CC(CC(O)(C4)C2)C3)c1OC(C)C. The number of ether oxygens (including phenoxy) is 1. The lowest BCUT2D eigenvalue weighted by Crippen LogP contribution is -2.65. The van der Waals surface area contributed by atoms with Gasteiger partial charge in [0.05, 0.1) is 23.4 Å². The topological polar surface area (TPSA) is 105 Å². The molecule has 0 radical (unpaired) electrons. The number of hydrogen-bond acceptors (Lipinski definition) is 5. The van der Waals surface area contributed by atoms with Crippen molar-refractivity contribution in [1.29, 1.82) is 0 Å². The van der Waals surface area contributed by atoms with Crippen LogP contribution in [0, 0.1) is 11.8 Å². The van der Waals surface area contributed by atoms with Crippen LogP contribution in [0.2, 0.25) is 0 Å². The van der Waals surface area contributed by atoms with Crippen LogP contribution < -0.4 is 15.4 Å². The summed E-state index contributed by atoms with van der Waals surface area (Å²) in [6.07, 6.45) is 11.6. The lowest BCUT2D eigenvalue weighted by Gasteiger charge is -2.60. The van der Waals surface area contributed by atoms with Crippen LogP contribution in [0.5, 0.6) is 5.88 Å². The maximum Gasteiger partial charge on any atom is 0.258 e. The first-order valence-corrected chi connectivity index (χ1v) is 12.7. The number of amides is 2. The summed E-state index contributed by atoms with van der Waals surface area (Å²) in [5.74, 6) is 1.12. The number of aromatic nitrogens is 2. The quantitative estimate of drug-likeness (QED) is 0.509. The van der Waals surface area contributed by atoms with Crippen molar-refractivity contribution in [2.45, 2.75) is 109 Å². The van der Waals surface area contributed by atoms with Gasteiger partial charge in [0.25, 0.3) is 5.91 Å². The molecular formula is C26H40N4O4. The van der Waals surface area contributed by atoms with Crippen LogP contribution in [0.4, 0.5) is 0 Å². The summed E-state index contributed by atoms with van der Waals surface area (Å²) in [7, 11) is 0. The Kier molecular flexibility index (Phi) is 6.57. The van der Waals surface area contributed by atoms with Crippen molar-refractivity contribution in [3.63, 3.8) is 0 Å². The molecule has 5 rings (SSSR count). The molecule has 1 aromatic rings. The third-order valence-corrected chi connectivity index (χ3v) is 7.32. The molecule has 3 N–H and O–H groups in total. The molecule has 34 heavy (non-hydrogen) atoms. The van der Waals surface area contributed by atoms with Gasteiger partial charge in [0.15, 0.2) is 0 Å². The minimum Gasteiger partial charge on any atom is -0.474 e. The van der Waals surface area contributed by atoms with E-state index in [9.17, 15) is 14.7 Å². The fourth-order valence-corrected chi connectivity index (χ4v) is 6.57. The van der Waals surface area contributed by atoms with E-state index in [2.05, 4.69) is 15.7 Å². The van der Waals surface area contributed by atoms with Gasteiger partial charge in [0, 0.05) is 18.2 Å². The number of carbonyl (C=O) groups is 2. The molecule has 2 amide bonds.